The first-order valence-electron chi connectivity index (χ1n) is 8.21. The minimum atomic E-state index is -1.09. The van der Waals surface area contributed by atoms with E-state index in [4.69, 9.17) is 17.0 Å². The number of carbonyl (C=O) groups excluding carboxylic acids is 1. The minimum absolute atomic E-state index is 0.00756. The first-order valence-corrected chi connectivity index (χ1v) is 10.8. The summed E-state index contributed by atoms with van der Waals surface area (Å²) in [6.07, 6.45) is 0. The van der Waals surface area contributed by atoms with Crippen molar-refractivity contribution in [1.29, 1.82) is 0 Å². The van der Waals surface area contributed by atoms with E-state index in [0.29, 0.717) is 20.6 Å². The number of anilines is 1. The van der Waals surface area contributed by atoms with Crippen LogP contribution in [0.1, 0.15) is 20.7 Å². The van der Waals surface area contributed by atoms with Crippen molar-refractivity contribution >= 4 is 90.8 Å². The zero-order chi connectivity index (χ0) is 21.1. The number of rotatable bonds is 4. The molecule has 0 saturated carbocycles. The number of hydrogen-bond acceptors (Lipinski definition) is 4. The van der Waals surface area contributed by atoms with Gasteiger partial charge in [-0.25, -0.2) is 4.79 Å². The average Bonchev–Trinajstić information content (AvgIpc) is 2.68. The number of ether oxygens (including phenoxy) is 1. The van der Waals surface area contributed by atoms with Crippen molar-refractivity contribution in [3.8, 4) is 5.75 Å². The molecule has 0 atom stereocenters. The zero-order valence-corrected chi connectivity index (χ0v) is 20.1. The Labute approximate surface area is 199 Å². The van der Waals surface area contributed by atoms with Crippen LogP contribution in [0, 0.1) is 7.14 Å². The number of amides is 1. The summed E-state index contributed by atoms with van der Waals surface area (Å²) in [7, 11) is 1.49. The first-order chi connectivity index (χ1) is 13.8. The van der Waals surface area contributed by atoms with Crippen LogP contribution in [0.3, 0.4) is 0 Å². The molecule has 0 aliphatic heterocycles. The topological polar surface area (TPSA) is 87.7 Å². The van der Waals surface area contributed by atoms with E-state index < -0.39 is 11.9 Å². The number of aromatic carboxylic acids is 1. The number of benzene rings is 3. The molecule has 0 aromatic heterocycles. The molecule has 3 rings (SSSR count). The Morgan fingerprint density at radius 1 is 1.03 bits per heavy atom. The Kier molecular flexibility index (Phi) is 6.90. The molecule has 0 aliphatic rings. The standard InChI is InChI=1S/C20H14I2N2O4S/c1-28-16-7-11-5-3-2-4-10(11)6-13(16)18(25)24-20(29)23-17-14(19(26)27)8-12(21)9-15(17)22/h2-9H,1H3,(H,26,27)(H2,23,24,25,29). The van der Waals surface area contributed by atoms with Crippen molar-refractivity contribution in [2.75, 3.05) is 12.4 Å². The summed E-state index contributed by atoms with van der Waals surface area (Å²) in [6.45, 7) is 0. The molecule has 0 saturated heterocycles. The SMILES string of the molecule is COc1cc2ccccc2cc1C(=O)NC(=S)Nc1c(I)cc(I)cc1C(=O)O. The second kappa shape index (κ2) is 9.22. The number of carboxylic acids is 1. The lowest BCUT2D eigenvalue weighted by Gasteiger charge is -2.15. The number of carbonyl (C=O) groups is 2. The largest absolute Gasteiger partial charge is 0.496 e. The number of thiocarbonyl (C=S) groups is 1. The Bertz CT molecular complexity index is 1150. The van der Waals surface area contributed by atoms with Crippen LogP contribution in [-0.4, -0.2) is 29.2 Å². The monoisotopic (exact) mass is 632 g/mol. The van der Waals surface area contributed by atoms with Crippen molar-refractivity contribution in [2.24, 2.45) is 0 Å². The van der Waals surface area contributed by atoms with E-state index in [1.165, 1.54) is 13.2 Å². The lowest BCUT2D eigenvalue weighted by molar-refractivity contribution is 0.0697. The van der Waals surface area contributed by atoms with Gasteiger partial charge < -0.3 is 15.2 Å². The molecule has 6 nitrogen and oxygen atoms in total. The zero-order valence-electron chi connectivity index (χ0n) is 15.0. The molecule has 0 fully saturated rings. The van der Waals surface area contributed by atoms with Crippen LogP contribution in [0.5, 0.6) is 5.75 Å². The van der Waals surface area contributed by atoms with Crippen molar-refractivity contribution < 1.29 is 19.4 Å². The van der Waals surface area contributed by atoms with Crippen molar-refractivity contribution in [3.05, 3.63) is 66.8 Å². The van der Waals surface area contributed by atoms with Gasteiger partial charge in [-0.1, -0.05) is 24.3 Å². The molecule has 3 N–H and O–H groups in total. The van der Waals surface area contributed by atoms with Gasteiger partial charge in [0.15, 0.2) is 5.11 Å². The maximum Gasteiger partial charge on any atom is 0.337 e. The van der Waals surface area contributed by atoms with Gasteiger partial charge in [-0.15, -0.1) is 0 Å². The Balaban J connectivity index is 1.86. The highest BCUT2D eigenvalue weighted by atomic mass is 127. The fourth-order valence-electron chi connectivity index (χ4n) is 2.75. The molecule has 0 heterocycles. The fraction of sp³-hybridized carbons (Fsp3) is 0.0500. The van der Waals surface area contributed by atoms with Crippen LogP contribution in [0.25, 0.3) is 10.8 Å². The normalized spacial score (nSPS) is 10.4. The molecule has 9 heteroatoms. The van der Waals surface area contributed by atoms with Gasteiger partial charge in [0, 0.05) is 7.14 Å². The summed E-state index contributed by atoms with van der Waals surface area (Å²) in [4.78, 5) is 24.4. The van der Waals surface area contributed by atoms with E-state index in [9.17, 15) is 14.7 Å². The van der Waals surface area contributed by atoms with Crippen molar-refractivity contribution in [3.63, 3.8) is 0 Å². The Morgan fingerprint density at radius 3 is 2.31 bits per heavy atom. The molecule has 0 bridgehead atoms. The van der Waals surface area contributed by atoms with Crippen molar-refractivity contribution in [1.82, 2.24) is 5.32 Å². The summed E-state index contributed by atoms with van der Waals surface area (Å²) in [5, 5.41) is 16.7. The maximum atomic E-state index is 12.8. The van der Waals surface area contributed by atoms with Gasteiger partial charge in [0.2, 0.25) is 0 Å². The van der Waals surface area contributed by atoms with Gasteiger partial charge in [0.05, 0.1) is 23.9 Å². The number of methoxy groups -OCH3 is 1. The van der Waals surface area contributed by atoms with Gasteiger partial charge in [0.1, 0.15) is 5.75 Å². The van der Waals surface area contributed by atoms with Crippen LogP contribution < -0.4 is 15.4 Å². The molecule has 1 amide bonds. The van der Waals surface area contributed by atoms with E-state index in [-0.39, 0.29) is 10.7 Å². The second-order valence-electron chi connectivity index (χ2n) is 5.92. The predicted molar refractivity (Wildman–Crippen MR) is 133 cm³/mol. The number of fused-ring (bicyclic) bond motifs is 1. The van der Waals surface area contributed by atoms with Gasteiger partial charge in [-0.05, 0) is 92.4 Å². The number of carboxylic acid groups (broad SMARTS) is 1. The Hall–Kier alpha value is -1.99. The minimum Gasteiger partial charge on any atom is -0.496 e. The molecule has 3 aromatic rings. The van der Waals surface area contributed by atoms with E-state index in [1.807, 2.05) is 75.5 Å². The molecule has 0 unspecified atom stereocenters. The molecule has 148 valence electrons. The third kappa shape index (κ3) is 4.95. The lowest BCUT2D eigenvalue weighted by Crippen LogP contribution is -2.35. The molecule has 0 radical (unpaired) electrons. The smallest absolute Gasteiger partial charge is 0.337 e. The third-order valence-electron chi connectivity index (χ3n) is 4.06. The number of nitrogens with one attached hydrogen (secondary N) is 2. The fourth-order valence-corrected chi connectivity index (χ4v) is 4.92. The van der Waals surface area contributed by atoms with Crippen LogP contribution in [0.4, 0.5) is 5.69 Å². The van der Waals surface area contributed by atoms with E-state index in [2.05, 4.69) is 10.6 Å². The second-order valence-corrected chi connectivity index (χ2v) is 8.74. The average molecular weight is 632 g/mol. The van der Waals surface area contributed by atoms with Gasteiger partial charge >= 0.3 is 5.97 Å². The van der Waals surface area contributed by atoms with Crippen LogP contribution >= 0.6 is 57.4 Å². The van der Waals surface area contributed by atoms with E-state index >= 15 is 0 Å². The van der Waals surface area contributed by atoms with E-state index in [0.717, 1.165) is 14.3 Å². The first kappa shape index (κ1) is 21.7. The van der Waals surface area contributed by atoms with Gasteiger partial charge in [-0.2, -0.15) is 0 Å². The van der Waals surface area contributed by atoms with Gasteiger partial charge in [-0.3, -0.25) is 10.1 Å². The summed E-state index contributed by atoms with van der Waals surface area (Å²) in [6, 6.07) is 14.5. The van der Waals surface area contributed by atoms with E-state index in [1.54, 1.807) is 12.1 Å². The van der Waals surface area contributed by atoms with Crippen LogP contribution in [-0.2, 0) is 0 Å². The quantitative estimate of drug-likeness (QED) is 0.281. The summed E-state index contributed by atoms with van der Waals surface area (Å²) >= 11 is 9.31. The third-order valence-corrected chi connectivity index (χ3v) is 5.74. The van der Waals surface area contributed by atoms with Crippen molar-refractivity contribution in [2.45, 2.75) is 0 Å². The van der Waals surface area contributed by atoms with Crippen LogP contribution in [0.2, 0.25) is 0 Å². The molecular formula is C20H14I2N2O4S. The lowest BCUT2D eigenvalue weighted by atomic mass is 10.1. The molecule has 0 aliphatic carbocycles. The highest BCUT2D eigenvalue weighted by Crippen LogP contribution is 2.27. The molecule has 0 spiro atoms. The highest BCUT2D eigenvalue weighted by molar-refractivity contribution is 14.1. The highest BCUT2D eigenvalue weighted by Gasteiger charge is 2.18. The van der Waals surface area contributed by atoms with Gasteiger partial charge in [0.25, 0.3) is 5.91 Å². The molecule has 3 aromatic carbocycles. The summed E-state index contributed by atoms with van der Waals surface area (Å²) in [5.74, 6) is -1.13. The number of halogens is 2. The maximum absolute atomic E-state index is 12.8. The van der Waals surface area contributed by atoms with Crippen LogP contribution in [0.15, 0.2) is 48.5 Å². The summed E-state index contributed by atoms with van der Waals surface area (Å²) < 4.78 is 6.81. The summed E-state index contributed by atoms with van der Waals surface area (Å²) in [5.41, 5.74) is 0.724. The molecule has 29 heavy (non-hydrogen) atoms. The predicted octanol–water partition coefficient (Wildman–Crippen LogP) is 4.88. The number of hydrogen-bond donors (Lipinski definition) is 3. The Morgan fingerprint density at radius 2 is 1.69 bits per heavy atom. The molecular weight excluding hydrogens is 618 g/mol.